The molecule has 0 radical (unpaired) electrons. The predicted octanol–water partition coefficient (Wildman–Crippen LogP) is 2.09. The Morgan fingerprint density at radius 1 is 1.69 bits per heavy atom. The molecule has 16 heavy (non-hydrogen) atoms. The van der Waals surface area contributed by atoms with E-state index in [-0.39, 0.29) is 13.0 Å². The van der Waals surface area contributed by atoms with Crippen LogP contribution >= 0.6 is 11.6 Å². The van der Waals surface area contributed by atoms with Crippen LogP contribution in [-0.4, -0.2) is 20.9 Å². The van der Waals surface area contributed by atoms with E-state index in [4.69, 9.17) is 22.0 Å². The van der Waals surface area contributed by atoms with Crippen molar-refractivity contribution < 1.29 is 18.7 Å². The number of aromatic carboxylic acids is 1. The second-order valence-corrected chi connectivity index (χ2v) is 3.15. The number of hydrogen-bond acceptors (Lipinski definition) is 3. The first kappa shape index (κ1) is 12.4. The normalized spacial score (nSPS) is 10.4. The summed E-state index contributed by atoms with van der Waals surface area (Å²) in [4.78, 5) is 10.7. The Morgan fingerprint density at radius 3 is 2.69 bits per heavy atom. The first-order valence-corrected chi connectivity index (χ1v) is 4.51. The molecule has 0 saturated heterocycles. The fourth-order valence-corrected chi connectivity index (χ4v) is 1.41. The lowest BCUT2D eigenvalue weighted by atomic mass is 10.2. The molecule has 0 unspecified atom stereocenters. The Kier molecular flexibility index (Phi) is 3.79. The monoisotopic (exact) mass is 249 g/mol. The number of aryl methyl sites for hydroxylation is 1. The van der Waals surface area contributed by atoms with Crippen molar-refractivity contribution in [2.24, 2.45) is 0 Å². The number of carboxylic acid groups (broad SMARTS) is 1. The molecular formula is C8H6ClF2N3O2. The number of alkyl halides is 2. The van der Waals surface area contributed by atoms with Crippen LogP contribution in [0.15, 0.2) is 0 Å². The second kappa shape index (κ2) is 4.90. The van der Waals surface area contributed by atoms with E-state index in [2.05, 4.69) is 5.10 Å². The van der Waals surface area contributed by atoms with Gasteiger partial charge in [-0.2, -0.15) is 10.4 Å². The van der Waals surface area contributed by atoms with Gasteiger partial charge in [-0.25, -0.2) is 13.6 Å². The summed E-state index contributed by atoms with van der Waals surface area (Å²) >= 11 is 5.58. The molecule has 0 fully saturated rings. The Hall–Kier alpha value is -1.68. The largest absolute Gasteiger partial charge is 0.478 e. The highest BCUT2D eigenvalue weighted by molar-refractivity contribution is 6.32. The highest BCUT2D eigenvalue weighted by Gasteiger charge is 2.27. The van der Waals surface area contributed by atoms with Crippen LogP contribution in [0.25, 0.3) is 0 Å². The van der Waals surface area contributed by atoms with Gasteiger partial charge in [0, 0.05) is 0 Å². The minimum Gasteiger partial charge on any atom is -0.478 e. The van der Waals surface area contributed by atoms with E-state index in [1.165, 1.54) is 0 Å². The molecule has 1 N–H and O–H groups in total. The smallest absolute Gasteiger partial charge is 0.341 e. The summed E-state index contributed by atoms with van der Waals surface area (Å²) in [5, 5.41) is 20.0. The highest BCUT2D eigenvalue weighted by Crippen LogP contribution is 2.27. The van der Waals surface area contributed by atoms with Gasteiger partial charge in [-0.3, -0.25) is 4.68 Å². The summed E-state index contributed by atoms with van der Waals surface area (Å²) in [7, 11) is 0. The minimum atomic E-state index is -3.02. The first-order chi connectivity index (χ1) is 7.49. The van der Waals surface area contributed by atoms with E-state index in [0.717, 1.165) is 4.68 Å². The zero-order valence-corrected chi connectivity index (χ0v) is 8.58. The summed E-state index contributed by atoms with van der Waals surface area (Å²) in [5.41, 5.74) is -1.59. The van der Waals surface area contributed by atoms with Gasteiger partial charge in [0.25, 0.3) is 6.43 Å². The van der Waals surface area contributed by atoms with E-state index in [0.29, 0.717) is 0 Å². The average Bonchev–Trinajstić information content (AvgIpc) is 2.53. The lowest BCUT2D eigenvalue weighted by Gasteiger charge is -1.97. The molecule has 0 spiro atoms. The third kappa shape index (κ3) is 2.28. The summed E-state index contributed by atoms with van der Waals surface area (Å²) in [5.74, 6) is -1.57. The first-order valence-electron chi connectivity index (χ1n) is 4.13. The Bertz CT molecular complexity index is 453. The lowest BCUT2D eigenvalue weighted by molar-refractivity contribution is 0.0684. The number of halogens is 3. The molecule has 86 valence electrons. The SMILES string of the molecule is N#CCCn1nc(C(F)F)c(C(=O)O)c1Cl. The molecule has 5 nitrogen and oxygen atoms in total. The fraction of sp³-hybridized carbons (Fsp3) is 0.375. The molecule has 1 aromatic rings. The average molecular weight is 250 g/mol. The van der Waals surface area contributed by atoms with Crippen molar-refractivity contribution in [3.63, 3.8) is 0 Å². The van der Waals surface area contributed by atoms with Gasteiger partial charge >= 0.3 is 5.97 Å². The number of carboxylic acids is 1. The molecular weight excluding hydrogens is 244 g/mol. The zero-order chi connectivity index (χ0) is 12.3. The maximum atomic E-state index is 12.4. The summed E-state index contributed by atoms with van der Waals surface area (Å²) < 4.78 is 25.8. The van der Waals surface area contributed by atoms with Crippen molar-refractivity contribution >= 4 is 17.6 Å². The van der Waals surface area contributed by atoms with Gasteiger partial charge in [-0.15, -0.1) is 0 Å². The van der Waals surface area contributed by atoms with Crippen LogP contribution in [0.5, 0.6) is 0 Å². The molecule has 0 aromatic carbocycles. The number of nitriles is 1. The highest BCUT2D eigenvalue weighted by atomic mass is 35.5. The molecule has 0 saturated carbocycles. The molecule has 1 aromatic heterocycles. The van der Waals surface area contributed by atoms with Gasteiger partial charge in [0.15, 0.2) is 0 Å². The Labute approximate surface area is 93.8 Å². The molecule has 0 aliphatic rings. The third-order valence-corrected chi connectivity index (χ3v) is 2.16. The van der Waals surface area contributed by atoms with Crippen molar-refractivity contribution in [3.8, 4) is 6.07 Å². The van der Waals surface area contributed by atoms with Crippen LogP contribution in [0, 0.1) is 11.3 Å². The number of rotatable bonds is 4. The molecule has 0 aliphatic carbocycles. The van der Waals surface area contributed by atoms with Crippen LogP contribution in [0.1, 0.15) is 28.9 Å². The van der Waals surface area contributed by atoms with Crippen LogP contribution in [0.2, 0.25) is 5.15 Å². The summed E-state index contributed by atoms with van der Waals surface area (Å²) in [6.07, 6.45) is -3.02. The number of carbonyl (C=O) groups is 1. The molecule has 1 heterocycles. The van der Waals surface area contributed by atoms with Crippen LogP contribution in [-0.2, 0) is 6.54 Å². The Balaban J connectivity index is 3.20. The second-order valence-electron chi connectivity index (χ2n) is 2.79. The van der Waals surface area contributed by atoms with Crippen LogP contribution < -0.4 is 0 Å². The quantitative estimate of drug-likeness (QED) is 0.886. The van der Waals surface area contributed by atoms with Gasteiger partial charge in [0.1, 0.15) is 16.4 Å². The molecule has 0 aliphatic heterocycles. The van der Waals surface area contributed by atoms with E-state index < -0.39 is 28.8 Å². The molecule has 0 bridgehead atoms. The molecule has 0 atom stereocenters. The lowest BCUT2D eigenvalue weighted by Crippen LogP contribution is -2.01. The van der Waals surface area contributed by atoms with E-state index in [1.54, 1.807) is 6.07 Å². The minimum absolute atomic E-state index is 0.00311. The van der Waals surface area contributed by atoms with Gasteiger partial charge in [0.05, 0.1) is 19.0 Å². The van der Waals surface area contributed by atoms with Crippen LogP contribution in [0.4, 0.5) is 8.78 Å². The number of aromatic nitrogens is 2. The van der Waals surface area contributed by atoms with Crippen molar-refractivity contribution in [2.45, 2.75) is 19.4 Å². The van der Waals surface area contributed by atoms with Crippen molar-refractivity contribution in [2.75, 3.05) is 0 Å². The standard InChI is InChI=1S/C8H6ClF2N3O2/c9-6-4(8(15)16)5(7(10)11)13-14(6)3-1-2-12/h7H,1,3H2,(H,15,16). The van der Waals surface area contributed by atoms with Crippen LogP contribution in [0.3, 0.4) is 0 Å². The topological polar surface area (TPSA) is 78.9 Å². The van der Waals surface area contributed by atoms with Crippen molar-refractivity contribution in [3.05, 3.63) is 16.4 Å². The van der Waals surface area contributed by atoms with Gasteiger partial charge in [-0.1, -0.05) is 11.6 Å². The molecule has 0 amide bonds. The van der Waals surface area contributed by atoms with E-state index >= 15 is 0 Å². The fourth-order valence-electron chi connectivity index (χ4n) is 1.11. The zero-order valence-electron chi connectivity index (χ0n) is 7.82. The predicted molar refractivity (Wildman–Crippen MR) is 49.4 cm³/mol. The third-order valence-electron chi connectivity index (χ3n) is 1.77. The summed E-state index contributed by atoms with van der Waals surface area (Å²) in [6, 6.07) is 1.78. The molecule has 1 rings (SSSR count). The molecule has 8 heteroatoms. The maximum absolute atomic E-state index is 12.4. The van der Waals surface area contributed by atoms with Gasteiger partial charge in [0.2, 0.25) is 0 Å². The van der Waals surface area contributed by atoms with E-state index in [1.807, 2.05) is 0 Å². The van der Waals surface area contributed by atoms with Crippen molar-refractivity contribution in [1.82, 2.24) is 9.78 Å². The van der Waals surface area contributed by atoms with Crippen molar-refractivity contribution in [1.29, 1.82) is 5.26 Å². The number of nitrogens with zero attached hydrogens (tertiary/aromatic N) is 3. The Morgan fingerprint density at radius 2 is 2.31 bits per heavy atom. The summed E-state index contributed by atoms with van der Waals surface area (Å²) in [6.45, 7) is -0.0255. The number of hydrogen-bond donors (Lipinski definition) is 1. The maximum Gasteiger partial charge on any atom is 0.341 e. The van der Waals surface area contributed by atoms with E-state index in [9.17, 15) is 13.6 Å². The van der Waals surface area contributed by atoms with Gasteiger partial charge < -0.3 is 5.11 Å². The van der Waals surface area contributed by atoms with Gasteiger partial charge in [-0.05, 0) is 0 Å².